The molecule has 0 aromatic heterocycles. The van der Waals surface area contributed by atoms with Crippen molar-refractivity contribution in [3.8, 4) is 0 Å². The highest BCUT2D eigenvalue weighted by molar-refractivity contribution is 7.90. The molecule has 1 aliphatic rings. The van der Waals surface area contributed by atoms with Gasteiger partial charge in [-0.15, -0.1) is 0 Å². The molecule has 2 aromatic carbocycles. The van der Waals surface area contributed by atoms with Gasteiger partial charge in [-0.25, -0.2) is 8.42 Å². The first-order chi connectivity index (χ1) is 13.3. The molecule has 4 nitrogen and oxygen atoms in total. The second kappa shape index (κ2) is 8.41. The zero-order valence-corrected chi connectivity index (χ0v) is 17.5. The van der Waals surface area contributed by atoms with E-state index in [-0.39, 0.29) is 0 Å². The minimum atomic E-state index is -3.21. The predicted octanol–water partition coefficient (Wildman–Crippen LogP) is 4.55. The Balaban J connectivity index is 1.94. The monoisotopic (exact) mass is 397 g/mol. The first-order valence-electron chi connectivity index (χ1n) is 9.59. The van der Waals surface area contributed by atoms with Gasteiger partial charge in [0.2, 0.25) is 0 Å². The van der Waals surface area contributed by atoms with Gasteiger partial charge in [-0.2, -0.15) is 0 Å². The van der Waals surface area contributed by atoms with Crippen molar-refractivity contribution in [3.05, 3.63) is 77.4 Å². The number of benzene rings is 2. The summed E-state index contributed by atoms with van der Waals surface area (Å²) in [6.07, 6.45) is 5.15. The maximum Gasteiger partial charge on any atom is 0.175 e. The average Bonchev–Trinajstić information content (AvgIpc) is 3.03. The quantitative estimate of drug-likeness (QED) is 0.614. The molecule has 0 radical (unpaired) electrons. The molecule has 0 N–H and O–H groups in total. The van der Waals surface area contributed by atoms with Crippen molar-refractivity contribution in [2.24, 2.45) is 4.99 Å². The topological polar surface area (TPSA) is 55.7 Å². The zero-order valence-electron chi connectivity index (χ0n) is 16.7. The van der Waals surface area contributed by atoms with E-state index in [4.69, 9.17) is 9.73 Å². The lowest BCUT2D eigenvalue weighted by Crippen LogP contribution is -2.21. The van der Waals surface area contributed by atoms with E-state index in [2.05, 4.69) is 32.1 Å². The van der Waals surface area contributed by atoms with Gasteiger partial charge >= 0.3 is 0 Å². The van der Waals surface area contributed by atoms with Crippen molar-refractivity contribution in [1.82, 2.24) is 0 Å². The molecule has 148 valence electrons. The minimum absolute atomic E-state index is 0.317. The van der Waals surface area contributed by atoms with Gasteiger partial charge < -0.3 is 4.74 Å². The van der Waals surface area contributed by atoms with Crippen molar-refractivity contribution in [2.75, 3.05) is 19.5 Å². The molecule has 0 bridgehead atoms. The van der Waals surface area contributed by atoms with Crippen LogP contribution in [0.1, 0.15) is 37.8 Å². The van der Waals surface area contributed by atoms with Crippen LogP contribution in [0.3, 0.4) is 0 Å². The Labute approximate surface area is 167 Å². The molecule has 0 unspecified atom stereocenters. The van der Waals surface area contributed by atoms with Crippen LogP contribution in [0.25, 0.3) is 0 Å². The molecule has 0 saturated carbocycles. The lowest BCUT2D eigenvalue weighted by molar-refractivity contribution is 0.136. The third-order valence-electron chi connectivity index (χ3n) is 5.06. The van der Waals surface area contributed by atoms with Crippen LogP contribution in [0.15, 0.2) is 76.1 Å². The first-order valence-corrected chi connectivity index (χ1v) is 11.5. The van der Waals surface area contributed by atoms with E-state index in [0.29, 0.717) is 11.5 Å². The van der Waals surface area contributed by atoms with Crippen molar-refractivity contribution in [2.45, 2.75) is 37.1 Å². The summed E-state index contributed by atoms with van der Waals surface area (Å²) in [5, 5.41) is 0. The molecule has 0 fully saturated rings. The molecule has 1 atom stereocenters. The number of aliphatic imine (C=N–C) groups is 1. The van der Waals surface area contributed by atoms with Gasteiger partial charge in [0.1, 0.15) is 5.54 Å². The summed E-state index contributed by atoms with van der Waals surface area (Å²) in [5.74, 6) is 0. The van der Waals surface area contributed by atoms with E-state index >= 15 is 0 Å². The van der Waals surface area contributed by atoms with Crippen LogP contribution in [0.4, 0.5) is 0 Å². The van der Waals surface area contributed by atoms with E-state index in [9.17, 15) is 8.42 Å². The maximum absolute atomic E-state index is 11.7. The Hall–Kier alpha value is -2.24. The minimum Gasteiger partial charge on any atom is -0.381 e. The Kier molecular flexibility index (Phi) is 6.16. The van der Waals surface area contributed by atoms with Crippen LogP contribution in [0.5, 0.6) is 0 Å². The third kappa shape index (κ3) is 4.42. The van der Waals surface area contributed by atoms with Crippen LogP contribution in [0.2, 0.25) is 0 Å². The summed E-state index contributed by atoms with van der Waals surface area (Å²) in [7, 11) is -3.21. The Morgan fingerprint density at radius 3 is 2.29 bits per heavy atom. The lowest BCUT2D eigenvalue weighted by Gasteiger charge is -2.26. The molecule has 0 saturated heterocycles. The summed E-state index contributed by atoms with van der Waals surface area (Å²) < 4.78 is 29.2. The average molecular weight is 398 g/mol. The number of hydrogen-bond donors (Lipinski definition) is 0. The molecule has 3 rings (SSSR count). The van der Waals surface area contributed by atoms with Crippen molar-refractivity contribution >= 4 is 15.5 Å². The van der Waals surface area contributed by atoms with Crippen LogP contribution in [0, 0.1) is 0 Å². The Morgan fingerprint density at radius 2 is 1.68 bits per heavy atom. The number of nitrogens with zero attached hydrogens (tertiary/aromatic N) is 1. The summed E-state index contributed by atoms with van der Waals surface area (Å²) in [6.45, 7) is 5.66. The summed E-state index contributed by atoms with van der Waals surface area (Å²) in [5.41, 5.74) is 3.69. The molecular weight excluding hydrogens is 370 g/mol. The van der Waals surface area contributed by atoms with Gasteiger partial charge in [-0.3, -0.25) is 4.99 Å². The van der Waals surface area contributed by atoms with Gasteiger partial charge in [-0.05, 0) is 54.7 Å². The number of hydrogen-bond acceptors (Lipinski definition) is 4. The van der Waals surface area contributed by atoms with E-state index in [1.54, 1.807) is 12.1 Å². The van der Waals surface area contributed by atoms with Gasteiger partial charge in [0.15, 0.2) is 9.84 Å². The largest absolute Gasteiger partial charge is 0.381 e. The second-order valence-electron chi connectivity index (χ2n) is 7.26. The number of allylic oxidation sites excluding steroid dienone is 1. The van der Waals surface area contributed by atoms with Crippen molar-refractivity contribution < 1.29 is 13.2 Å². The zero-order chi connectivity index (χ0) is 20.2. The van der Waals surface area contributed by atoms with Crippen LogP contribution < -0.4 is 0 Å². The van der Waals surface area contributed by atoms with Gasteiger partial charge in [-0.1, -0.05) is 49.4 Å². The molecule has 28 heavy (non-hydrogen) atoms. The molecule has 0 spiro atoms. The summed E-state index contributed by atoms with van der Waals surface area (Å²) >= 11 is 0. The summed E-state index contributed by atoms with van der Waals surface area (Å²) in [6, 6.07) is 17.2. The SMILES string of the molecule is CCCOCCC1=CC(c2ccc(S(C)(=O)=O)cc2)=N[C@@]1(C)c1ccccc1. The normalized spacial score (nSPS) is 19.4. The van der Waals surface area contributed by atoms with Crippen molar-refractivity contribution in [3.63, 3.8) is 0 Å². The van der Waals surface area contributed by atoms with Crippen LogP contribution in [-0.2, 0) is 20.1 Å². The van der Waals surface area contributed by atoms with Gasteiger partial charge in [0, 0.05) is 12.9 Å². The molecular formula is C23H27NO3S. The second-order valence-corrected chi connectivity index (χ2v) is 9.28. The highest BCUT2D eigenvalue weighted by Crippen LogP contribution is 2.40. The predicted molar refractivity (Wildman–Crippen MR) is 114 cm³/mol. The maximum atomic E-state index is 11.7. The third-order valence-corrected chi connectivity index (χ3v) is 6.19. The Morgan fingerprint density at radius 1 is 1.00 bits per heavy atom. The Bertz CT molecular complexity index is 976. The van der Waals surface area contributed by atoms with Gasteiger partial charge in [0.25, 0.3) is 0 Å². The highest BCUT2D eigenvalue weighted by Gasteiger charge is 2.35. The molecule has 1 heterocycles. The van der Waals surface area contributed by atoms with Crippen LogP contribution >= 0.6 is 0 Å². The van der Waals surface area contributed by atoms with Crippen molar-refractivity contribution in [1.29, 1.82) is 0 Å². The van der Waals surface area contributed by atoms with E-state index < -0.39 is 15.4 Å². The van der Waals surface area contributed by atoms with Gasteiger partial charge in [0.05, 0.1) is 17.2 Å². The van der Waals surface area contributed by atoms with E-state index in [0.717, 1.165) is 36.3 Å². The fourth-order valence-corrected chi connectivity index (χ4v) is 4.06. The lowest BCUT2D eigenvalue weighted by atomic mass is 9.84. The van der Waals surface area contributed by atoms with E-state index in [1.807, 2.05) is 30.3 Å². The molecule has 0 amide bonds. The smallest absolute Gasteiger partial charge is 0.175 e. The highest BCUT2D eigenvalue weighted by atomic mass is 32.2. The number of sulfone groups is 1. The first kappa shape index (κ1) is 20.5. The number of ether oxygens (including phenoxy) is 1. The number of rotatable bonds is 8. The molecule has 0 aliphatic carbocycles. The summed E-state index contributed by atoms with van der Waals surface area (Å²) in [4.78, 5) is 5.37. The molecule has 2 aromatic rings. The fraction of sp³-hybridized carbons (Fsp3) is 0.348. The molecule has 5 heteroatoms. The standard InChI is InChI=1S/C23H27NO3S/c1-4-15-27-16-14-20-17-22(18-10-12-21(13-11-18)28(3,25)26)24-23(20,2)19-8-6-5-7-9-19/h5-13,17H,4,14-16H2,1-3H3/t23-/m0/s1. The fourth-order valence-electron chi connectivity index (χ4n) is 3.43. The van der Waals surface area contributed by atoms with Crippen LogP contribution in [-0.4, -0.2) is 33.6 Å². The molecule has 1 aliphatic heterocycles. The van der Waals surface area contributed by atoms with E-state index in [1.165, 1.54) is 11.8 Å².